The van der Waals surface area contributed by atoms with Crippen LogP contribution < -0.4 is 4.74 Å². The van der Waals surface area contributed by atoms with E-state index >= 15 is 0 Å². The molecule has 0 unspecified atom stereocenters. The van der Waals surface area contributed by atoms with Crippen molar-refractivity contribution in [1.82, 2.24) is 4.90 Å². The van der Waals surface area contributed by atoms with Crippen LogP contribution in [0.5, 0.6) is 5.75 Å². The highest BCUT2D eigenvalue weighted by Crippen LogP contribution is 2.36. The van der Waals surface area contributed by atoms with Crippen molar-refractivity contribution in [3.63, 3.8) is 0 Å². The molecule has 23 heavy (non-hydrogen) atoms. The maximum atomic E-state index is 12.6. The van der Waals surface area contributed by atoms with Gasteiger partial charge >= 0.3 is 0 Å². The third-order valence-corrected chi connectivity index (χ3v) is 6.89. The van der Waals surface area contributed by atoms with Crippen LogP contribution in [-0.2, 0) is 14.6 Å². The number of nitrogens with zero attached hydrogens (tertiary/aromatic N) is 1. The molecule has 3 rings (SSSR count). The van der Waals surface area contributed by atoms with E-state index in [1.807, 2.05) is 24.3 Å². The zero-order valence-electron chi connectivity index (χ0n) is 12.4. The average molecular weight is 369 g/mol. The Balaban J connectivity index is 1.81. The van der Waals surface area contributed by atoms with Gasteiger partial charge in [0.2, 0.25) is 0 Å². The molecule has 2 saturated heterocycles. The largest absolute Gasteiger partial charge is 0.497 e. The van der Waals surface area contributed by atoms with Gasteiger partial charge in [0.25, 0.3) is 5.91 Å². The van der Waals surface area contributed by atoms with E-state index in [0.717, 1.165) is 11.3 Å². The molecule has 122 valence electrons. The van der Waals surface area contributed by atoms with Crippen LogP contribution in [0.4, 0.5) is 0 Å². The molecule has 2 aliphatic heterocycles. The summed E-state index contributed by atoms with van der Waals surface area (Å²) in [5, 5.41) is 0. The number of sulfone groups is 1. The van der Waals surface area contributed by atoms with Crippen molar-refractivity contribution in [2.75, 3.05) is 18.6 Å². The number of hydrogen-bond donors (Lipinski definition) is 0. The second kappa shape index (κ2) is 6.26. The van der Waals surface area contributed by atoms with Gasteiger partial charge in [0, 0.05) is 0 Å². The fourth-order valence-electron chi connectivity index (χ4n) is 2.63. The minimum absolute atomic E-state index is 0.00471. The summed E-state index contributed by atoms with van der Waals surface area (Å²) < 4.78 is 28.8. The third-order valence-electron chi connectivity index (χ3n) is 3.81. The van der Waals surface area contributed by atoms with Gasteiger partial charge < -0.3 is 4.74 Å². The molecule has 0 aliphatic carbocycles. The van der Waals surface area contributed by atoms with E-state index in [2.05, 4.69) is 0 Å². The molecule has 8 heteroatoms. The molecule has 0 bridgehead atoms. The molecular weight excluding hydrogens is 354 g/mol. The fraction of sp³-hybridized carbons (Fsp3) is 0.333. The number of rotatable bonds is 3. The molecule has 1 atom stereocenters. The first-order chi connectivity index (χ1) is 10.9. The molecule has 0 saturated carbocycles. The van der Waals surface area contributed by atoms with E-state index in [1.54, 1.807) is 13.2 Å². The summed E-state index contributed by atoms with van der Waals surface area (Å²) in [5.41, 5.74) is 0.866. The molecule has 1 aromatic carbocycles. The number of methoxy groups -OCH3 is 1. The van der Waals surface area contributed by atoms with Crippen LogP contribution in [0.15, 0.2) is 29.2 Å². The molecule has 2 aliphatic rings. The van der Waals surface area contributed by atoms with Crippen molar-refractivity contribution in [3.8, 4) is 5.75 Å². The molecule has 2 heterocycles. The Morgan fingerprint density at radius 2 is 2.04 bits per heavy atom. The van der Waals surface area contributed by atoms with Crippen molar-refractivity contribution >= 4 is 50.1 Å². The van der Waals surface area contributed by atoms with E-state index in [4.69, 9.17) is 17.0 Å². The van der Waals surface area contributed by atoms with Gasteiger partial charge in [0.1, 0.15) is 10.1 Å². The molecule has 0 aromatic heterocycles. The first-order valence-electron chi connectivity index (χ1n) is 7.01. The minimum Gasteiger partial charge on any atom is -0.497 e. The molecule has 2 fully saturated rings. The van der Waals surface area contributed by atoms with Crippen LogP contribution in [0, 0.1) is 0 Å². The number of carbonyl (C=O) groups is 1. The summed E-state index contributed by atoms with van der Waals surface area (Å²) in [6, 6.07) is 7.00. The normalized spacial score (nSPS) is 25.3. The van der Waals surface area contributed by atoms with E-state index in [9.17, 15) is 13.2 Å². The van der Waals surface area contributed by atoms with Gasteiger partial charge in [-0.2, -0.15) is 0 Å². The van der Waals surface area contributed by atoms with Crippen molar-refractivity contribution in [1.29, 1.82) is 0 Å². The lowest BCUT2D eigenvalue weighted by Gasteiger charge is -2.20. The predicted molar refractivity (Wildman–Crippen MR) is 95.1 cm³/mol. The number of benzene rings is 1. The smallest absolute Gasteiger partial charge is 0.266 e. The quantitative estimate of drug-likeness (QED) is 0.600. The van der Waals surface area contributed by atoms with Gasteiger partial charge in [-0.25, -0.2) is 8.42 Å². The SMILES string of the molecule is COc1ccc(/C=C2/SC(=S)N([C@@H]3CCS(=O)(=O)C3)C2=O)cc1. The summed E-state index contributed by atoms with van der Waals surface area (Å²) in [6.45, 7) is 0. The maximum absolute atomic E-state index is 12.6. The number of hydrogen-bond acceptors (Lipinski definition) is 6. The standard InChI is InChI=1S/C15H15NO4S3/c1-20-12-4-2-10(3-5-12)8-13-14(17)16(15(21)22-13)11-6-7-23(18,19)9-11/h2-5,8,11H,6-7,9H2,1H3/b13-8+/t11-/m1/s1. The second-order valence-electron chi connectivity index (χ2n) is 5.38. The predicted octanol–water partition coefficient (Wildman–Crippen LogP) is 2.08. The van der Waals surface area contributed by atoms with Gasteiger partial charge in [-0.05, 0) is 30.2 Å². The second-order valence-corrected chi connectivity index (χ2v) is 9.29. The summed E-state index contributed by atoms with van der Waals surface area (Å²) >= 11 is 6.49. The van der Waals surface area contributed by atoms with Crippen molar-refractivity contribution in [3.05, 3.63) is 34.7 Å². The van der Waals surface area contributed by atoms with Gasteiger partial charge in [-0.1, -0.05) is 36.1 Å². The van der Waals surface area contributed by atoms with E-state index in [1.165, 1.54) is 16.7 Å². The number of carbonyl (C=O) groups excluding carboxylic acids is 1. The third kappa shape index (κ3) is 3.44. The van der Waals surface area contributed by atoms with Crippen LogP contribution in [0.1, 0.15) is 12.0 Å². The lowest BCUT2D eigenvalue weighted by atomic mass is 10.2. The molecule has 1 amide bonds. The van der Waals surface area contributed by atoms with Gasteiger partial charge in [-0.15, -0.1) is 0 Å². The Morgan fingerprint density at radius 3 is 2.61 bits per heavy atom. The highest BCUT2D eigenvalue weighted by molar-refractivity contribution is 8.26. The lowest BCUT2D eigenvalue weighted by Crippen LogP contribution is -2.39. The molecular formula is C15H15NO4S3. The van der Waals surface area contributed by atoms with E-state index in [-0.39, 0.29) is 23.5 Å². The maximum Gasteiger partial charge on any atom is 0.266 e. The summed E-state index contributed by atoms with van der Waals surface area (Å²) in [5.74, 6) is 0.644. The first kappa shape index (κ1) is 16.5. The number of thiocarbonyl (C=S) groups is 1. The van der Waals surface area contributed by atoms with Crippen LogP contribution in [0.25, 0.3) is 6.08 Å². The first-order valence-corrected chi connectivity index (χ1v) is 10.1. The molecule has 0 radical (unpaired) electrons. The minimum atomic E-state index is -3.06. The highest BCUT2D eigenvalue weighted by atomic mass is 32.2. The average Bonchev–Trinajstić information content (AvgIpc) is 2.99. The van der Waals surface area contributed by atoms with Crippen molar-refractivity contribution < 1.29 is 17.9 Å². The Bertz CT molecular complexity index is 783. The van der Waals surface area contributed by atoms with E-state index in [0.29, 0.717) is 15.6 Å². The Morgan fingerprint density at radius 1 is 1.35 bits per heavy atom. The molecule has 0 N–H and O–H groups in total. The summed E-state index contributed by atoms with van der Waals surface area (Å²) in [4.78, 5) is 14.5. The number of ether oxygens (including phenoxy) is 1. The van der Waals surface area contributed by atoms with Gasteiger partial charge in [0.05, 0.1) is 29.6 Å². The van der Waals surface area contributed by atoms with Crippen molar-refractivity contribution in [2.45, 2.75) is 12.5 Å². The lowest BCUT2D eigenvalue weighted by molar-refractivity contribution is -0.123. The Labute approximate surface area is 144 Å². The van der Waals surface area contributed by atoms with Gasteiger partial charge in [0.15, 0.2) is 9.84 Å². The monoisotopic (exact) mass is 369 g/mol. The Hall–Kier alpha value is -1.38. The fourth-order valence-corrected chi connectivity index (χ4v) is 5.73. The van der Waals surface area contributed by atoms with Crippen LogP contribution >= 0.6 is 24.0 Å². The molecule has 0 spiro atoms. The van der Waals surface area contributed by atoms with E-state index < -0.39 is 9.84 Å². The van der Waals surface area contributed by atoms with Crippen molar-refractivity contribution in [2.24, 2.45) is 0 Å². The highest BCUT2D eigenvalue weighted by Gasteiger charge is 2.42. The Kier molecular flexibility index (Phi) is 4.48. The number of thioether (sulfide) groups is 1. The zero-order chi connectivity index (χ0) is 16.6. The van der Waals surface area contributed by atoms with Gasteiger partial charge in [-0.3, -0.25) is 9.69 Å². The number of amides is 1. The van der Waals surface area contributed by atoms with Crippen LogP contribution in [0.2, 0.25) is 0 Å². The molecule has 1 aromatic rings. The van der Waals surface area contributed by atoms with Crippen LogP contribution in [-0.4, -0.2) is 48.2 Å². The topological polar surface area (TPSA) is 63.7 Å². The van der Waals surface area contributed by atoms with Crippen LogP contribution in [0.3, 0.4) is 0 Å². The zero-order valence-corrected chi connectivity index (χ0v) is 14.8. The summed E-state index contributed by atoms with van der Waals surface area (Å²) in [7, 11) is -1.47. The molecule has 5 nitrogen and oxygen atoms in total. The summed E-state index contributed by atoms with van der Waals surface area (Å²) in [6.07, 6.45) is 2.22.